The van der Waals surface area contributed by atoms with Crippen LogP contribution in [0.1, 0.15) is 44.7 Å². The molecule has 0 aromatic heterocycles. The molecule has 0 bridgehead atoms. The average molecular weight is 361 g/mol. The third-order valence-electron chi connectivity index (χ3n) is 4.08. The average Bonchev–Trinajstić information content (AvgIpc) is 2.66. The van der Waals surface area contributed by atoms with Crippen LogP contribution >= 0.6 is 0 Å². The maximum absolute atomic E-state index is 11.2. The lowest BCUT2D eigenvalue weighted by molar-refractivity contribution is -0.148. The number of methoxy groups -OCH3 is 1. The Morgan fingerprint density at radius 3 is 2.58 bits per heavy atom. The lowest BCUT2D eigenvalue weighted by Crippen LogP contribution is -2.25. The van der Waals surface area contributed by atoms with Crippen LogP contribution in [0.2, 0.25) is 0 Å². The van der Waals surface area contributed by atoms with Gasteiger partial charge in [-0.05, 0) is 57.9 Å². The first kappa shape index (κ1) is 22.0. The fourth-order valence-electron chi connectivity index (χ4n) is 2.68. The van der Waals surface area contributed by atoms with Crippen molar-refractivity contribution >= 4 is 5.97 Å². The number of hydrogen-bond donors (Lipinski definition) is 0. The van der Waals surface area contributed by atoms with Gasteiger partial charge in [0.2, 0.25) is 0 Å². The highest BCUT2D eigenvalue weighted by atomic mass is 16.6. The first-order valence-corrected chi connectivity index (χ1v) is 9.09. The SMILES string of the molecule is CC#CCN(C)C(CCCCOCC(=O)OCC)c1ccc(OC)cc1. The monoisotopic (exact) mass is 361 g/mol. The van der Waals surface area contributed by atoms with Gasteiger partial charge in [0.1, 0.15) is 12.4 Å². The molecule has 5 heteroatoms. The molecule has 1 aromatic rings. The molecule has 0 aliphatic heterocycles. The summed E-state index contributed by atoms with van der Waals surface area (Å²) in [5.74, 6) is 6.64. The summed E-state index contributed by atoms with van der Waals surface area (Å²) < 4.78 is 15.4. The number of carbonyl (C=O) groups excluding carboxylic acids is 1. The van der Waals surface area contributed by atoms with E-state index >= 15 is 0 Å². The largest absolute Gasteiger partial charge is 0.497 e. The number of nitrogens with zero attached hydrogens (tertiary/aromatic N) is 1. The van der Waals surface area contributed by atoms with Crippen molar-refractivity contribution in [1.29, 1.82) is 0 Å². The van der Waals surface area contributed by atoms with Crippen molar-refractivity contribution in [2.45, 2.75) is 39.2 Å². The number of hydrogen-bond acceptors (Lipinski definition) is 5. The Morgan fingerprint density at radius 1 is 1.23 bits per heavy atom. The Morgan fingerprint density at radius 2 is 1.96 bits per heavy atom. The molecule has 1 aromatic carbocycles. The van der Waals surface area contributed by atoms with Gasteiger partial charge in [0.25, 0.3) is 0 Å². The quantitative estimate of drug-likeness (QED) is 0.324. The van der Waals surface area contributed by atoms with E-state index in [2.05, 4.69) is 35.9 Å². The molecule has 1 rings (SSSR count). The van der Waals surface area contributed by atoms with Gasteiger partial charge in [0, 0.05) is 12.6 Å². The predicted octanol–water partition coefficient (Wildman–Crippen LogP) is 3.44. The van der Waals surface area contributed by atoms with Crippen molar-refractivity contribution in [2.75, 3.05) is 40.5 Å². The lowest BCUT2D eigenvalue weighted by atomic mass is 9.99. The second-order valence-electron chi connectivity index (χ2n) is 5.98. The van der Waals surface area contributed by atoms with Crippen LogP contribution in [-0.4, -0.2) is 51.4 Å². The number of rotatable bonds is 12. The molecule has 1 unspecified atom stereocenters. The van der Waals surface area contributed by atoms with E-state index in [9.17, 15) is 4.79 Å². The Hall–Kier alpha value is -2.03. The van der Waals surface area contributed by atoms with Gasteiger partial charge in [0.05, 0.1) is 20.3 Å². The molecule has 26 heavy (non-hydrogen) atoms. The molecule has 1 atom stereocenters. The van der Waals surface area contributed by atoms with E-state index in [1.807, 2.05) is 19.1 Å². The van der Waals surface area contributed by atoms with Gasteiger partial charge < -0.3 is 14.2 Å². The molecule has 0 heterocycles. The lowest BCUT2D eigenvalue weighted by Gasteiger charge is -2.27. The zero-order valence-corrected chi connectivity index (χ0v) is 16.4. The van der Waals surface area contributed by atoms with Gasteiger partial charge in [0.15, 0.2) is 0 Å². The van der Waals surface area contributed by atoms with Crippen molar-refractivity contribution in [2.24, 2.45) is 0 Å². The summed E-state index contributed by atoms with van der Waals surface area (Å²) in [6.45, 7) is 5.35. The van der Waals surface area contributed by atoms with Gasteiger partial charge in [-0.25, -0.2) is 4.79 Å². The van der Waals surface area contributed by atoms with Crippen LogP contribution in [0.15, 0.2) is 24.3 Å². The van der Waals surface area contributed by atoms with Crippen LogP contribution in [0.3, 0.4) is 0 Å². The van der Waals surface area contributed by atoms with Crippen molar-refractivity contribution in [3.63, 3.8) is 0 Å². The standard InChI is InChI=1S/C21H31NO4/c1-5-7-15-22(3)20(18-11-13-19(24-4)14-12-18)10-8-9-16-25-17-21(23)26-6-2/h11-14,20H,6,8-10,15-17H2,1-4H3. The zero-order valence-electron chi connectivity index (χ0n) is 16.4. The van der Waals surface area contributed by atoms with Crippen LogP contribution in [0, 0.1) is 11.8 Å². The van der Waals surface area contributed by atoms with E-state index in [4.69, 9.17) is 14.2 Å². The minimum Gasteiger partial charge on any atom is -0.497 e. The van der Waals surface area contributed by atoms with Crippen molar-refractivity contribution in [3.05, 3.63) is 29.8 Å². The van der Waals surface area contributed by atoms with Gasteiger partial charge in [-0.1, -0.05) is 18.1 Å². The Bertz CT molecular complexity index is 574. The van der Waals surface area contributed by atoms with Crippen LogP contribution in [0.4, 0.5) is 0 Å². The van der Waals surface area contributed by atoms with E-state index in [1.165, 1.54) is 5.56 Å². The molecule has 0 aliphatic carbocycles. The smallest absolute Gasteiger partial charge is 0.332 e. The summed E-state index contributed by atoms with van der Waals surface area (Å²) in [7, 11) is 3.77. The second-order valence-corrected chi connectivity index (χ2v) is 5.98. The molecule has 0 saturated heterocycles. The maximum Gasteiger partial charge on any atom is 0.332 e. The van der Waals surface area contributed by atoms with Crippen molar-refractivity contribution < 1.29 is 19.0 Å². The summed E-state index contributed by atoms with van der Waals surface area (Å²) in [6, 6.07) is 8.48. The van der Waals surface area contributed by atoms with E-state index in [1.54, 1.807) is 14.0 Å². The fourth-order valence-corrected chi connectivity index (χ4v) is 2.68. The number of unbranched alkanes of at least 4 members (excludes halogenated alkanes) is 1. The van der Waals surface area contributed by atoms with Crippen LogP contribution in [0.25, 0.3) is 0 Å². The predicted molar refractivity (Wildman–Crippen MR) is 103 cm³/mol. The molecule has 0 N–H and O–H groups in total. The van der Waals surface area contributed by atoms with Crippen LogP contribution in [-0.2, 0) is 14.3 Å². The molecule has 0 spiro atoms. The summed E-state index contributed by atoms with van der Waals surface area (Å²) in [4.78, 5) is 13.5. The molecular weight excluding hydrogens is 330 g/mol. The van der Waals surface area contributed by atoms with Crippen LogP contribution < -0.4 is 4.74 Å². The number of benzene rings is 1. The number of ether oxygens (including phenoxy) is 3. The molecule has 0 radical (unpaired) electrons. The summed E-state index contributed by atoms with van der Waals surface area (Å²) in [6.07, 6.45) is 2.90. The number of carbonyl (C=O) groups is 1. The third kappa shape index (κ3) is 8.37. The molecule has 5 nitrogen and oxygen atoms in total. The van der Waals surface area contributed by atoms with Crippen molar-refractivity contribution in [1.82, 2.24) is 4.90 Å². The first-order valence-electron chi connectivity index (χ1n) is 9.09. The Kier molecular flexibility index (Phi) is 11.2. The normalized spacial score (nSPS) is 11.6. The topological polar surface area (TPSA) is 48.0 Å². The molecular formula is C21H31NO4. The van der Waals surface area contributed by atoms with E-state index in [0.717, 1.165) is 31.6 Å². The summed E-state index contributed by atoms with van der Waals surface area (Å²) >= 11 is 0. The Labute approximate surface area is 157 Å². The third-order valence-corrected chi connectivity index (χ3v) is 4.08. The maximum atomic E-state index is 11.2. The first-order chi connectivity index (χ1) is 12.6. The van der Waals surface area contributed by atoms with E-state index in [0.29, 0.717) is 13.2 Å². The van der Waals surface area contributed by atoms with Crippen molar-refractivity contribution in [3.8, 4) is 17.6 Å². The highest BCUT2D eigenvalue weighted by molar-refractivity contribution is 5.70. The van der Waals surface area contributed by atoms with Gasteiger partial charge in [-0.15, -0.1) is 5.92 Å². The van der Waals surface area contributed by atoms with E-state index in [-0.39, 0.29) is 18.6 Å². The minimum atomic E-state index is -0.304. The number of esters is 1. The molecule has 144 valence electrons. The molecule has 0 aliphatic rings. The molecule has 0 amide bonds. The zero-order chi connectivity index (χ0) is 19.2. The van der Waals surface area contributed by atoms with Gasteiger partial charge in [-0.2, -0.15) is 0 Å². The molecule has 0 saturated carbocycles. The summed E-state index contributed by atoms with van der Waals surface area (Å²) in [5, 5.41) is 0. The fraction of sp³-hybridized carbons (Fsp3) is 0.571. The Balaban J connectivity index is 2.51. The summed E-state index contributed by atoms with van der Waals surface area (Å²) in [5.41, 5.74) is 1.25. The van der Waals surface area contributed by atoms with E-state index < -0.39 is 0 Å². The van der Waals surface area contributed by atoms with Gasteiger partial charge >= 0.3 is 5.97 Å². The highest BCUT2D eigenvalue weighted by Crippen LogP contribution is 2.26. The van der Waals surface area contributed by atoms with Gasteiger partial charge in [-0.3, -0.25) is 4.90 Å². The highest BCUT2D eigenvalue weighted by Gasteiger charge is 2.16. The van der Waals surface area contributed by atoms with Crippen LogP contribution in [0.5, 0.6) is 5.75 Å². The minimum absolute atomic E-state index is 0.0295. The molecule has 0 fully saturated rings. The second kappa shape index (κ2) is 13.2.